The third-order valence-corrected chi connectivity index (χ3v) is 2.42. The molecule has 0 aliphatic rings. The fourth-order valence-corrected chi connectivity index (χ4v) is 1.46. The number of nitriles is 1. The van der Waals surface area contributed by atoms with E-state index >= 15 is 0 Å². The maximum Gasteiger partial charge on any atom is 0.385 e. The van der Waals surface area contributed by atoms with Gasteiger partial charge in [-0.05, 0) is 24.3 Å². The lowest BCUT2D eigenvalue weighted by atomic mass is 10.1. The number of benzene rings is 2. The molecular formula is C15H9NO3. The molecule has 2 rings (SSSR count). The minimum absolute atomic E-state index is 0.230. The summed E-state index contributed by atoms with van der Waals surface area (Å²) in [6.07, 6.45) is 0. The van der Waals surface area contributed by atoms with Gasteiger partial charge in [-0.25, -0.2) is 4.79 Å². The summed E-state index contributed by atoms with van der Waals surface area (Å²) < 4.78 is 4.93. The normalized spacial score (nSPS) is 9.42. The number of ether oxygens (including phenoxy) is 1. The summed E-state index contributed by atoms with van der Waals surface area (Å²) in [4.78, 5) is 23.4. The Labute approximate surface area is 109 Å². The van der Waals surface area contributed by atoms with Crippen LogP contribution in [0.3, 0.4) is 0 Å². The molecule has 0 atom stereocenters. The molecule has 0 spiro atoms. The van der Waals surface area contributed by atoms with Gasteiger partial charge in [0.25, 0.3) is 5.78 Å². The zero-order valence-electron chi connectivity index (χ0n) is 9.87. The fraction of sp³-hybridized carbons (Fsp3) is 0. The summed E-state index contributed by atoms with van der Waals surface area (Å²) in [7, 11) is 0. The van der Waals surface area contributed by atoms with Crippen LogP contribution in [0, 0.1) is 11.3 Å². The molecule has 0 radical (unpaired) electrons. The highest BCUT2D eigenvalue weighted by molar-refractivity contribution is 6.41. The van der Waals surface area contributed by atoms with Gasteiger partial charge in [0.2, 0.25) is 0 Å². The summed E-state index contributed by atoms with van der Waals surface area (Å²) in [5, 5.41) is 8.64. The van der Waals surface area contributed by atoms with E-state index in [-0.39, 0.29) is 11.3 Å². The summed E-state index contributed by atoms with van der Waals surface area (Å²) in [5.74, 6) is -1.42. The number of Topliss-reactive ketones (excluding diaryl/α,β-unsaturated/α-hetero) is 1. The van der Waals surface area contributed by atoms with Gasteiger partial charge in [0.1, 0.15) is 5.75 Å². The first-order chi connectivity index (χ1) is 9.20. The quantitative estimate of drug-likeness (QED) is 0.363. The molecule has 0 aliphatic heterocycles. The second-order valence-electron chi connectivity index (χ2n) is 3.72. The Morgan fingerprint density at radius 1 is 0.947 bits per heavy atom. The van der Waals surface area contributed by atoms with E-state index < -0.39 is 11.8 Å². The third kappa shape index (κ3) is 3.05. The smallest absolute Gasteiger partial charge is 0.385 e. The number of hydrogen-bond acceptors (Lipinski definition) is 4. The molecule has 2 aromatic rings. The lowest BCUT2D eigenvalue weighted by Crippen LogP contribution is -2.20. The van der Waals surface area contributed by atoms with Gasteiger partial charge in [0.15, 0.2) is 0 Å². The van der Waals surface area contributed by atoms with Crippen molar-refractivity contribution in [1.82, 2.24) is 0 Å². The average Bonchev–Trinajstić information content (AvgIpc) is 2.48. The monoisotopic (exact) mass is 251 g/mol. The average molecular weight is 251 g/mol. The van der Waals surface area contributed by atoms with Crippen molar-refractivity contribution >= 4 is 11.8 Å². The molecular weight excluding hydrogens is 242 g/mol. The standard InChI is InChI=1S/C15H9NO3/c16-10-11-6-8-13(9-7-11)19-15(18)14(17)12-4-2-1-3-5-12/h1-9H. The zero-order valence-corrected chi connectivity index (χ0v) is 9.87. The Hall–Kier alpha value is -2.93. The Kier molecular flexibility index (Phi) is 3.70. The maximum absolute atomic E-state index is 11.7. The Morgan fingerprint density at radius 3 is 2.16 bits per heavy atom. The molecule has 0 fully saturated rings. The topological polar surface area (TPSA) is 67.2 Å². The number of carbonyl (C=O) groups is 2. The van der Waals surface area contributed by atoms with Crippen molar-refractivity contribution in [1.29, 1.82) is 5.26 Å². The van der Waals surface area contributed by atoms with E-state index in [1.165, 1.54) is 24.3 Å². The SMILES string of the molecule is N#Cc1ccc(OC(=O)C(=O)c2ccccc2)cc1. The Morgan fingerprint density at radius 2 is 1.58 bits per heavy atom. The Bertz CT molecular complexity index is 639. The van der Waals surface area contributed by atoms with Crippen LogP contribution in [0.25, 0.3) is 0 Å². The van der Waals surface area contributed by atoms with E-state index in [9.17, 15) is 9.59 Å². The third-order valence-electron chi connectivity index (χ3n) is 2.42. The van der Waals surface area contributed by atoms with Crippen molar-refractivity contribution in [2.24, 2.45) is 0 Å². The largest absolute Gasteiger partial charge is 0.421 e. The van der Waals surface area contributed by atoms with E-state index in [1.807, 2.05) is 6.07 Å². The van der Waals surface area contributed by atoms with Crippen molar-refractivity contribution in [2.75, 3.05) is 0 Å². The first-order valence-corrected chi connectivity index (χ1v) is 5.52. The molecule has 92 valence electrons. The predicted molar refractivity (Wildman–Crippen MR) is 67.6 cm³/mol. The van der Waals surface area contributed by atoms with Gasteiger partial charge >= 0.3 is 5.97 Å². The van der Waals surface area contributed by atoms with Gasteiger partial charge < -0.3 is 4.74 Å². The first-order valence-electron chi connectivity index (χ1n) is 5.52. The van der Waals surface area contributed by atoms with Gasteiger partial charge in [-0.15, -0.1) is 0 Å². The molecule has 0 heterocycles. The van der Waals surface area contributed by atoms with Crippen LogP contribution < -0.4 is 4.74 Å². The zero-order chi connectivity index (χ0) is 13.7. The highest BCUT2D eigenvalue weighted by Gasteiger charge is 2.18. The van der Waals surface area contributed by atoms with E-state index in [4.69, 9.17) is 10.00 Å². The first kappa shape index (κ1) is 12.5. The number of esters is 1. The maximum atomic E-state index is 11.7. The summed E-state index contributed by atoms with van der Waals surface area (Å²) in [6, 6.07) is 16.1. The highest BCUT2D eigenvalue weighted by Crippen LogP contribution is 2.12. The molecule has 0 aromatic heterocycles. The van der Waals surface area contributed by atoms with Crippen LogP contribution >= 0.6 is 0 Å². The molecule has 0 amide bonds. The number of hydrogen-bond donors (Lipinski definition) is 0. The second-order valence-corrected chi connectivity index (χ2v) is 3.72. The van der Waals surface area contributed by atoms with Crippen LogP contribution in [0.15, 0.2) is 54.6 Å². The second kappa shape index (κ2) is 5.61. The Balaban J connectivity index is 2.09. The lowest BCUT2D eigenvalue weighted by molar-refractivity contribution is -0.129. The predicted octanol–water partition coefficient (Wildman–Crippen LogP) is 2.35. The molecule has 0 aliphatic carbocycles. The summed E-state index contributed by atoms with van der Waals surface area (Å²) in [5.41, 5.74) is 0.732. The van der Waals surface area contributed by atoms with Gasteiger partial charge in [-0.2, -0.15) is 5.26 Å². The van der Waals surface area contributed by atoms with Gasteiger partial charge in [-0.3, -0.25) is 4.79 Å². The molecule has 0 saturated carbocycles. The van der Waals surface area contributed by atoms with Gasteiger partial charge in [0.05, 0.1) is 11.6 Å². The summed E-state index contributed by atoms with van der Waals surface area (Å²) in [6.45, 7) is 0. The van der Waals surface area contributed by atoms with E-state index in [0.717, 1.165) is 0 Å². The molecule has 0 N–H and O–H groups in total. The van der Waals surface area contributed by atoms with Crippen molar-refractivity contribution < 1.29 is 14.3 Å². The minimum Gasteiger partial charge on any atom is -0.421 e. The van der Waals surface area contributed by atoms with Crippen molar-refractivity contribution in [3.63, 3.8) is 0 Å². The van der Waals surface area contributed by atoms with Gasteiger partial charge in [-0.1, -0.05) is 30.3 Å². The fourth-order valence-electron chi connectivity index (χ4n) is 1.46. The van der Waals surface area contributed by atoms with Crippen molar-refractivity contribution in [3.8, 4) is 11.8 Å². The van der Waals surface area contributed by atoms with Crippen molar-refractivity contribution in [2.45, 2.75) is 0 Å². The minimum atomic E-state index is -0.948. The van der Waals surface area contributed by atoms with Crippen LogP contribution in [-0.4, -0.2) is 11.8 Å². The lowest BCUT2D eigenvalue weighted by Gasteiger charge is -2.03. The van der Waals surface area contributed by atoms with Crippen molar-refractivity contribution in [3.05, 3.63) is 65.7 Å². The van der Waals surface area contributed by atoms with Crippen LogP contribution in [-0.2, 0) is 4.79 Å². The van der Waals surface area contributed by atoms with Crippen LogP contribution in [0.4, 0.5) is 0 Å². The molecule has 4 heteroatoms. The molecule has 0 saturated heterocycles. The number of nitrogens with zero attached hydrogens (tertiary/aromatic N) is 1. The molecule has 0 unspecified atom stereocenters. The molecule has 2 aromatic carbocycles. The van der Waals surface area contributed by atoms with E-state index in [0.29, 0.717) is 5.56 Å². The molecule has 0 bridgehead atoms. The van der Waals surface area contributed by atoms with Gasteiger partial charge in [0, 0.05) is 5.56 Å². The van der Waals surface area contributed by atoms with Crippen LogP contribution in [0.5, 0.6) is 5.75 Å². The number of rotatable bonds is 3. The molecule has 19 heavy (non-hydrogen) atoms. The number of ketones is 1. The van der Waals surface area contributed by atoms with E-state index in [1.54, 1.807) is 30.3 Å². The highest BCUT2D eigenvalue weighted by atomic mass is 16.5. The van der Waals surface area contributed by atoms with Crippen LogP contribution in [0.2, 0.25) is 0 Å². The van der Waals surface area contributed by atoms with E-state index in [2.05, 4.69) is 0 Å². The summed E-state index contributed by atoms with van der Waals surface area (Å²) >= 11 is 0. The van der Waals surface area contributed by atoms with Crippen LogP contribution in [0.1, 0.15) is 15.9 Å². The molecule has 4 nitrogen and oxygen atoms in total. The number of carbonyl (C=O) groups excluding carboxylic acids is 2.